The van der Waals surface area contributed by atoms with Crippen molar-refractivity contribution in [2.75, 3.05) is 32.8 Å². The molecular weight excluding hydrogens is 185 g/mol. The molecule has 6 heteroatoms. The van der Waals surface area contributed by atoms with Gasteiger partial charge in [0.15, 0.2) is 0 Å². The van der Waals surface area contributed by atoms with E-state index in [4.69, 9.17) is 10.5 Å². The van der Waals surface area contributed by atoms with E-state index >= 15 is 0 Å². The molecule has 2 N–H and O–H groups in total. The normalized spacial score (nSPS) is 26.3. The van der Waals surface area contributed by atoms with Gasteiger partial charge in [-0.15, -0.1) is 0 Å². The summed E-state index contributed by atoms with van der Waals surface area (Å²) >= 11 is 0. The molecule has 1 saturated heterocycles. The number of ether oxygens (including phenoxy) is 1. The van der Waals surface area contributed by atoms with E-state index in [0.29, 0.717) is 13.2 Å². The lowest BCUT2D eigenvalue weighted by Gasteiger charge is -2.32. The minimum Gasteiger partial charge on any atom is -0.374 e. The molecule has 13 heavy (non-hydrogen) atoms. The van der Waals surface area contributed by atoms with Gasteiger partial charge in [-0.3, -0.25) is 4.90 Å². The molecule has 0 aromatic heterocycles. The summed E-state index contributed by atoms with van der Waals surface area (Å²) in [7, 11) is 0. The zero-order valence-corrected chi connectivity index (χ0v) is 7.18. The highest BCUT2D eigenvalue weighted by Crippen LogP contribution is 2.17. The Labute approximate surface area is 74.6 Å². The number of hydrogen-bond acceptors (Lipinski definition) is 3. The van der Waals surface area contributed by atoms with Crippen LogP contribution in [0.3, 0.4) is 0 Å². The molecule has 1 unspecified atom stereocenters. The maximum absolute atomic E-state index is 12.0. The molecular formula is C7H13F3N2O. The van der Waals surface area contributed by atoms with E-state index < -0.39 is 12.7 Å². The quantitative estimate of drug-likeness (QED) is 0.689. The van der Waals surface area contributed by atoms with Crippen molar-refractivity contribution in [3.63, 3.8) is 0 Å². The number of nitrogens with zero attached hydrogens (tertiary/aromatic N) is 1. The molecule has 1 fully saturated rings. The van der Waals surface area contributed by atoms with Gasteiger partial charge < -0.3 is 10.5 Å². The topological polar surface area (TPSA) is 38.5 Å². The van der Waals surface area contributed by atoms with E-state index in [9.17, 15) is 13.2 Å². The van der Waals surface area contributed by atoms with E-state index in [1.165, 1.54) is 4.90 Å². The first-order valence-corrected chi connectivity index (χ1v) is 4.12. The van der Waals surface area contributed by atoms with Gasteiger partial charge in [0.25, 0.3) is 0 Å². The number of alkyl halides is 3. The van der Waals surface area contributed by atoms with Crippen LogP contribution in [0.25, 0.3) is 0 Å². The van der Waals surface area contributed by atoms with Crippen molar-refractivity contribution in [3.05, 3.63) is 0 Å². The third-order valence-corrected chi connectivity index (χ3v) is 1.89. The smallest absolute Gasteiger partial charge is 0.374 e. The van der Waals surface area contributed by atoms with Crippen molar-refractivity contribution in [2.24, 2.45) is 5.73 Å². The average Bonchev–Trinajstić information content (AvgIpc) is 2.01. The SMILES string of the molecule is NCC1CN(CC(F)(F)F)CCO1. The fourth-order valence-electron chi connectivity index (χ4n) is 1.32. The van der Waals surface area contributed by atoms with Crippen LogP contribution in [0.2, 0.25) is 0 Å². The molecule has 0 aliphatic carbocycles. The number of hydrogen-bond donors (Lipinski definition) is 1. The van der Waals surface area contributed by atoms with Crippen LogP contribution < -0.4 is 5.73 Å². The van der Waals surface area contributed by atoms with Crippen molar-refractivity contribution in [3.8, 4) is 0 Å². The largest absolute Gasteiger partial charge is 0.401 e. The van der Waals surface area contributed by atoms with Gasteiger partial charge in [-0.05, 0) is 0 Å². The molecule has 1 rings (SSSR count). The summed E-state index contributed by atoms with van der Waals surface area (Å²) in [5, 5.41) is 0. The lowest BCUT2D eigenvalue weighted by Crippen LogP contribution is -2.48. The van der Waals surface area contributed by atoms with Crippen LogP contribution in [0.5, 0.6) is 0 Å². The Morgan fingerprint density at radius 3 is 2.69 bits per heavy atom. The molecule has 0 aromatic carbocycles. The molecule has 78 valence electrons. The van der Waals surface area contributed by atoms with E-state index in [1.807, 2.05) is 0 Å². The van der Waals surface area contributed by atoms with Gasteiger partial charge in [-0.25, -0.2) is 0 Å². The van der Waals surface area contributed by atoms with Crippen LogP contribution in [-0.2, 0) is 4.74 Å². The van der Waals surface area contributed by atoms with Gasteiger partial charge in [0.2, 0.25) is 0 Å². The van der Waals surface area contributed by atoms with Gasteiger partial charge in [-0.1, -0.05) is 0 Å². The van der Waals surface area contributed by atoms with Crippen molar-refractivity contribution in [2.45, 2.75) is 12.3 Å². The number of rotatable bonds is 2. The van der Waals surface area contributed by atoms with Crippen LogP contribution in [-0.4, -0.2) is 50.0 Å². The minimum atomic E-state index is -4.13. The Bertz CT molecular complexity index is 162. The summed E-state index contributed by atoms with van der Waals surface area (Å²) in [6.07, 6.45) is -4.38. The highest BCUT2D eigenvalue weighted by molar-refractivity contribution is 4.73. The van der Waals surface area contributed by atoms with Crippen molar-refractivity contribution in [1.82, 2.24) is 4.90 Å². The van der Waals surface area contributed by atoms with E-state index in [0.717, 1.165) is 0 Å². The van der Waals surface area contributed by atoms with Crippen LogP contribution in [0.4, 0.5) is 13.2 Å². The Morgan fingerprint density at radius 2 is 2.15 bits per heavy atom. The highest BCUT2D eigenvalue weighted by Gasteiger charge is 2.32. The molecule has 1 aliphatic heterocycles. The summed E-state index contributed by atoms with van der Waals surface area (Å²) in [4.78, 5) is 1.32. The molecule has 0 spiro atoms. The number of nitrogens with two attached hydrogens (primary N) is 1. The third-order valence-electron chi connectivity index (χ3n) is 1.89. The zero-order valence-electron chi connectivity index (χ0n) is 7.18. The fraction of sp³-hybridized carbons (Fsp3) is 1.00. The maximum atomic E-state index is 12.0. The summed E-state index contributed by atoms with van der Waals surface area (Å²) in [5.41, 5.74) is 5.30. The second kappa shape index (κ2) is 4.26. The molecule has 3 nitrogen and oxygen atoms in total. The molecule has 1 atom stereocenters. The van der Waals surface area contributed by atoms with Crippen molar-refractivity contribution in [1.29, 1.82) is 0 Å². The van der Waals surface area contributed by atoms with Gasteiger partial charge in [-0.2, -0.15) is 13.2 Å². The van der Waals surface area contributed by atoms with Crippen molar-refractivity contribution >= 4 is 0 Å². The second-order valence-corrected chi connectivity index (χ2v) is 3.08. The van der Waals surface area contributed by atoms with Crippen molar-refractivity contribution < 1.29 is 17.9 Å². The highest BCUT2D eigenvalue weighted by atomic mass is 19.4. The van der Waals surface area contributed by atoms with Crippen LogP contribution in [0, 0.1) is 0 Å². The maximum Gasteiger partial charge on any atom is 0.401 e. The van der Waals surface area contributed by atoms with Gasteiger partial charge in [0, 0.05) is 19.6 Å². The van der Waals surface area contributed by atoms with Crippen LogP contribution in [0.1, 0.15) is 0 Å². The average molecular weight is 198 g/mol. The molecule has 1 aliphatic rings. The molecule has 0 bridgehead atoms. The first-order chi connectivity index (χ1) is 6.01. The Hall–Kier alpha value is -0.330. The molecule has 0 radical (unpaired) electrons. The van der Waals surface area contributed by atoms with Crippen LogP contribution in [0.15, 0.2) is 0 Å². The van der Waals surface area contributed by atoms with Gasteiger partial charge in [0.1, 0.15) is 0 Å². The van der Waals surface area contributed by atoms with Gasteiger partial charge >= 0.3 is 6.18 Å². The summed E-state index contributed by atoms with van der Waals surface area (Å²) < 4.78 is 41.0. The van der Waals surface area contributed by atoms with Gasteiger partial charge in [0.05, 0.1) is 19.3 Å². The van der Waals surface area contributed by atoms with E-state index in [1.54, 1.807) is 0 Å². The minimum absolute atomic E-state index is 0.254. The van der Waals surface area contributed by atoms with Crippen LogP contribution >= 0.6 is 0 Å². The van der Waals surface area contributed by atoms with E-state index in [-0.39, 0.29) is 19.2 Å². The predicted octanol–water partition coefficient (Wildman–Crippen LogP) is 0.208. The summed E-state index contributed by atoms with van der Waals surface area (Å²) in [6.45, 7) is 0.338. The zero-order chi connectivity index (χ0) is 9.90. The summed E-state index contributed by atoms with van der Waals surface area (Å²) in [5.74, 6) is 0. The third kappa shape index (κ3) is 3.93. The predicted molar refractivity (Wildman–Crippen MR) is 41.3 cm³/mol. The molecule has 0 aromatic rings. The lowest BCUT2D eigenvalue weighted by molar-refractivity contribution is -0.158. The van der Waals surface area contributed by atoms with E-state index in [2.05, 4.69) is 0 Å². The first-order valence-electron chi connectivity index (χ1n) is 4.12. The molecule has 0 amide bonds. The lowest BCUT2D eigenvalue weighted by atomic mass is 10.2. The molecule has 0 saturated carbocycles. The number of halogens is 3. The standard InChI is InChI=1S/C7H13F3N2O/c8-7(9,10)5-12-1-2-13-6(3-11)4-12/h6H,1-5,11H2. The Kier molecular flexibility index (Phi) is 3.52. The summed E-state index contributed by atoms with van der Waals surface area (Å²) in [6, 6.07) is 0. The fourth-order valence-corrected chi connectivity index (χ4v) is 1.32. The molecule has 1 heterocycles. The monoisotopic (exact) mass is 198 g/mol. The Balaban J connectivity index is 2.34. The Morgan fingerprint density at radius 1 is 1.46 bits per heavy atom. The second-order valence-electron chi connectivity index (χ2n) is 3.08. The number of morpholine rings is 1. The first kappa shape index (κ1) is 10.7.